The summed E-state index contributed by atoms with van der Waals surface area (Å²) in [4.78, 5) is 23.7. The van der Waals surface area contributed by atoms with E-state index in [2.05, 4.69) is 20.4 Å². The van der Waals surface area contributed by atoms with Gasteiger partial charge < -0.3 is 10.1 Å². The summed E-state index contributed by atoms with van der Waals surface area (Å²) in [5.41, 5.74) is 0.782. The normalized spacial score (nSPS) is 11.0. The van der Waals surface area contributed by atoms with Crippen LogP contribution in [-0.4, -0.2) is 40.0 Å². The Bertz CT molecular complexity index is 492. The molecule has 0 saturated carbocycles. The Morgan fingerprint density at radius 1 is 1.29 bits per heavy atom. The predicted octanol–water partition coefficient (Wildman–Crippen LogP) is 1.49. The van der Waals surface area contributed by atoms with Gasteiger partial charge in [0.1, 0.15) is 6.54 Å². The molecule has 7 heteroatoms. The van der Waals surface area contributed by atoms with E-state index >= 15 is 0 Å². The van der Waals surface area contributed by atoms with Crippen molar-refractivity contribution in [1.29, 1.82) is 0 Å². The number of carbonyl (C=O) groups excluding carboxylic acids is 2. The van der Waals surface area contributed by atoms with Crippen molar-refractivity contribution >= 4 is 11.9 Å². The largest absolute Gasteiger partial charge is 0.464 e. The fourth-order valence-electron chi connectivity index (χ4n) is 2.15. The molecule has 1 rings (SSSR count). The van der Waals surface area contributed by atoms with Crippen molar-refractivity contribution in [2.45, 2.75) is 59.0 Å². The zero-order valence-electron chi connectivity index (χ0n) is 13.3. The molecule has 0 fully saturated rings. The van der Waals surface area contributed by atoms with E-state index in [9.17, 15) is 9.59 Å². The molecule has 1 heterocycles. The predicted molar refractivity (Wildman–Crippen MR) is 78.0 cm³/mol. The fourth-order valence-corrected chi connectivity index (χ4v) is 2.15. The van der Waals surface area contributed by atoms with Gasteiger partial charge in [0.15, 0.2) is 5.69 Å². The summed E-state index contributed by atoms with van der Waals surface area (Å²) in [6.07, 6.45) is 1.76. The third-order valence-corrected chi connectivity index (χ3v) is 3.34. The number of rotatable bonds is 7. The van der Waals surface area contributed by atoms with Crippen LogP contribution < -0.4 is 5.32 Å². The molecule has 1 aromatic heterocycles. The molecule has 21 heavy (non-hydrogen) atoms. The van der Waals surface area contributed by atoms with Crippen molar-refractivity contribution in [3.05, 3.63) is 11.4 Å². The fraction of sp³-hybridized carbons (Fsp3) is 0.714. The average molecular weight is 296 g/mol. The lowest BCUT2D eigenvalue weighted by Crippen LogP contribution is -2.36. The van der Waals surface area contributed by atoms with Crippen molar-refractivity contribution in [3.63, 3.8) is 0 Å². The van der Waals surface area contributed by atoms with Gasteiger partial charge in [-0.2, -0.15) is 0 Å². The zero-order valence-corrected chi connectivity index (χ0v) is 13.3. The van der Waals surface area contributed by atoms with Crippen LogP contribution in [0.25, 0.3) is 0 Å². The quantitative estimate of drug-likeness (QED) is 0.770. The van der Waals surface area contributed by atoms with Crippen LogP contribution >= 0.6 is 0 Å². The van der Waals surface area contributed by atoms with E-state index < -0.39 is 5.97 Å². The molecule has 0 aliphatic carbocycles. The molecule has 0 aromatic carbocycles. The SMILES string of the molecule is CCC(CC)NC(=O)Cn1nnc(C(=O)OC)c1C(C)C. The average Bonchev–Trinajstić information content (AvgIpc) is 2.87. The van der Waals surface area contributed by atoms with Crippen LogP contribution in [0.5, 0.6) is 0 Å². The van der Waals surface area contributed by atoms with Gasteiger partial charge in [-0.3, -0.25) is 4.79 Å². The second kappa shape index (κ2) is 7.75. The van der Waals surface area contributed by atoms with Gasteiger partial charge in [-0.25, -0.2) is 9.48 Å². The van der Waals surface area contributed by atoms with Crippen molar-refractivity contribution in [2.24, 2.45) is 0 Å². The first-order valence-electron chi connectivity index (χ1n) is 7.25. The second-order valence-corrected chi connectivity index (χ2v) is 5.21. The standard InChI is InChI=1S/C14H24N4O3/c1-6-10(7-2)15-11(19)8-18-13(9(3)4)12(16-17-18)14(20)21-5/h9-10H,6-8H2,1-5H3,(H,15,19). The van der Waals surface area contributed by atoms with Crippen LogP contribution in [0.4, 0.5) is 0 Å². The van der Waals surface area contributed by atoms with E-state index in [-0.39, 0.29) is 30.1 Å². The Kier molecular flexibility index (Phi) is 6.33. The van der Waals surface area contributed by atoms with Gasteiger partial charge in [0.25, 0.3) is 0 Å². The lowest BCUT2D eigenvalue weighted by atomic mass is 10.1. The highest BCUT2D eigenvalue weighted by atomic mass is 16.5. The maximum atomic E-state index is 12.0. The molecule has 0 atom stereocenters. The van der Waals surface area contributed by atoms with Gasteiger partial charge in [0.2, 0.25) is 5.91 Å². The second-order valence-electron chi connectivity index (χ2n) is 5.21. The molecular weight excluding hydrogens is 272 g/mol. The zero-order chi connectivity index (χ0) is 16.0. The highest BCUT2D eigenvalue weighted by Crippen LogP contribution is 2.18. The van der Waals surface area contributed by atoms with Crippen molar-refractivity contribution < 1.29 is 14.3 Å². The van der Waals surface area contributed by atoms with Crippen LogP contribution in [0.3, 0.4) is 0 Å². The number of aromatic nitrogens is 3. The Morgan fingerprint density at radius 2 is 1.90 bits per heavy atom. The van der Waals surface area contributed by atoms with Gasteiger partial charge in [0, 0.05) is 6.04 Å². The van der Waals surface area contributed by atoms with Crippen LogP contribution in [0.2, 0.25) is 0 Å². The highest BCUT2D eigenvalue weighted by molar-refractivity contribution is 5.88. The van der Waals surface area contributed by atoms with Gasteiger partial charge in [0.05, 0.1) is 12.8 Å². The van der Waals surface area contributed by atoms with Crippen LogP contribution in [0, 0.1) is 0 Å². The molecular formula is C14H24N4O3. The summed E-state index contributed by atoms with van der Waals surface area (Å²) >= 11 is 0. The molecule has 118 valence electrons. The third kappa shape index (κ3) is 4.27. The topological polar surface area (TPSA) is 86.1 Å². The third-order valence-electron chi connectivity index (χ3n) is 3.34. The molecule has 0 aliphatic rings. The molecule has 0 radical (unpaired) electrons. The number of carbonyl (C=O) groups is 2. The summed E-state index contributed by atoms with van der Waals surface area (Å²) in [5.74, 6) is -0.660. The molecule has 0 bridgehead atoms. The molecule has 0 aliphatic heterocycles. The summed E-state index contributed by atoms with van der Waals surface area (Å²) in [5, 5.41) is 10.7. The summed E-state index contributed by atoms with van der Waals surface area (Å²) in [6.45, 7) is 7.94. The number of amides is 1. The van der Waals surface area contributed by atoms with Crippen molar-refractivity contribution in [1.82, 2.24) is 20.3 Å². The van der Waals surface area contributed by atoms with E-state index in [0.717, 1.165) is 12.8 Å². The summed E-state index contributed by atoms with van der Waals surface area (Å²) in [7, 11) is 1.30. The van der Waals surface area contributed by atoms with Crippen molar-refractivity contribution in [2.75, 3.05) is 7.11 Å². The first-order chi connectivity index (χ1) is 9.94. The van der Waals surface area contributed by atoms with Crippen LogP contribution in [0.1, 0.15) is 62.6 Å². The minimum atomic E-state index is -0.537. The van der Waals surface area contributed by atoms with E-state index in [1.165, 1.54) is 11.8 Å². The number of esters is 1. The van der Waals surface area contributed by atoms with Gasteiger partial charge in [-0.05, 0) is 18.8 Å². The number of nitrogens with zero attached hydrogens (tertiary/aromatic N) is 3. The number of hydrogen-bond acceptors (Lipinski definition) is 5. The first kappa shape index (κ1) is 17.1. The molecule has 0 saturated heterocycles. The molecule has 1 amide bonds. The Labute approximate surface area is 125 Å². The first-order valence-corrected chi connectivity index (χ1v) is 7.25. The Balaban J connectivity index is 2.91. The van der Waals surface area contributed by atoms with Crippen LogP contribution in [-0.2, 0) is 16.1 Å². The van der Waals surface area contributed by atoms with Gasteiger partial charge in [-0.1, -0.05) is 32.9 Å². The van der Waals surface area contributed by atoms with Gasteiger partial charge in [-0.15, -0.1) is 5.10 Å². The van der Waals surface area contributed by atoms with E-state index in [0.29, 0.717) is 5.69 Å². The summed E-state index contributed by atoms with van der Waals surface area (Å²) < 4.78 is 6.16. The minimum absolute atomic E-state index is 0.00930. The molecule has 0 spiro atoms. The van der Waals surface area contributed by atoms with E-state index in [1.807, 2.05) is 27.7 Å². The maximum Gasteiger partial charge on any atom is 0.360 e. The van der Waals surface area contributed by atoms with Crippen molar-refractivity contribution in [3.8, 4) is 0 Å². The Hall–Kier alpha value is -1.92. The number of methoxy groups -OCH3 is 1. The molecule has 1 N–H and O–H groups in total. The number of ether oxygens (including phenoxy) is 1. The Morgan fingerprint density at radius 3 is 2.38 bits per heavy atom. The number of hydrogen-bond donors (Lipinski definition) is 1. The minimum Gasteiger partial charge on any atom is -0.464 e. The van der Waals surface area contributed by atoms with E-state index in [1.54, 1.807) is 0 Å². The summed E-state index contributed by atoms with van der Waals surface area (Å²) in [6, 6.07) is 0.156. The lowest BCUT2D eigenvalue weighted by Gasteiger charge is -2.15. The molecule has 7 nitrogen and oxygen atoms in total. The smallest absolute Gasteiger partial charge is 0.360 e. The van der Waals surface area contributed by atoms with Gasteiger partial charge >= 0.3 is 5.97 Å². The molecule has 0 unspecified atom stereocenters. The highest BCUT2D eigenvalue weighted by Gasteiger charge is 2.23. The molecule has 1 aromatic rings. The monoisotopic (exact) mass is 296 g/mol. The lowest BCUT2D eigenvalue weighted by molar-refractivity contribution is -0.122. The van der Waals surface area contributed by atoms with Crippen LogP contribution in [0.15, 0.2) is 0 Å². The number of nitrogens with one attached hydrogen (secondary N) is 1. The van der Waals surface area contributed by atoms with E-state index in [4.69, 9.17) is 0 Å². The maximum absolute atomic E-state index is 12.0.